The minimum absolute atomic E-state index is 0.232. The first-order valence-corrected chi connectivity index (χ1v) is 12.9. The maximum absolute atomic E-state index is 13.0. The van der Waals surface area contributed by atoms with Gasteiger partial charge in [-0.15, -0.1) is 0 Å². The third-order valence-electron chi connectivity index (χ3n) is 5.73. The standard InChI is InChI=1S/C31H37NO7/c1-6-37-28(29(33)34)21-23-14-17-26(27(20-23)36-5)38-19-18-22-12-15-25(16-13-22)32(24-10-8-7-9-11-24)30(35)39-31(2,3)4/h7-17,20,28H,6,18-19,21H2,1-5H3,(H,33,34). The fourth-order valence-corrected chi connectivity index (χ4v) is 3.93. The second kappa shape index (κ2) is 13.7. The number of methoxy groups -OCH3 is 1. The van der Waals surface area contributed by atoms with Gasteiger partial charge in [-0.3, -0.25) is 0 Å². The number of nitrogens with zero attached hydrogens (tertiary/aromatic N) is 1. The van der Waals surface area contributed by atoms with Gasteiger partial charge in [0, 0.05) is 19.4 Å². The van der Waals surface area contributed by atoms with E-state index >= 15 is 0 Å². The summed E-state index contributed by atoms with van der Waals surface area (Å²) < 4.78 is 22.4. The molecule has 0 aliphatic carbocycles. The number of carbonyl (C=O) groups is 2. The molecule has 8 heteroatoms. The Balaban J connectivity index is 1.66. The number of ether oxygens (including phenoxy) is 4. The number of anilines is 2. The summed E-state index contributed by atoms with van der Waals surface area (Å²) >= 11 is 0. The van der Waals surface area contributed by atoms with E-state index in [0.29, 0.717) is 42.5 Å². The smallest absolute Gasteiger partial charge is 0.419 e. The number of benzene rings is 3. The molecule has 0 fully saturated rings. The van der Waals surface area contributed by atoms with Gasteiger partial charge >= 0.3 is 12.1 Å². The molecule has 0 bridgehead atoms. The van der Waals surface area contributed by atoms with Gasteiger partial charge in [0.1, 0.15) is 5.60 Å². The Hall–Kier alpha value is -4.04. The van der Waals surface area contributed by atoms with Crippen LogP contribution in [0.1, 0.15) is 38.8 Å². The van der Waals surface area contributed by atoms with E-state index in [0.717, 1.165) is 11.1 Å². The molecule has 0 heterocycles. The number of para-hydroxylation sites is 1. The second-order valence-corrected chi connectivity index (χ2v) is 9.89. The quantitative estimate of drug-likeness (QED) is 0.286. The number of hydrogen-bond donors (Lipinski definition) is 1. The van der Waals surface area contributed by atoms with Crippen molar-refractivity contribution >= 4 is 23.4 Å². The SMILES string of the molecule is CCOC(Cc1ccc(OCCc2ccc(N(C(=O)OC(C)(C)C)c3ccccc3)cc2)c(OC)c1)C(=O)O. The molecule has 0 spiro atoms. The third kappa shape index (κ3) is 8.75. The zero-order valence-corrected chi connectivity index (χ0v) is 23.2. The van der Waals surface area contributed by atoms with Gasteiger partial charge in [-0.1, -0.05) is 36.4 Å². The number of carbonyl (C=O) groups excluding carboxylic acids is 1. The van der Waals surface area contributed by atoms with Crippen molar-refractivity contribution in [1.29, 1.82) is 0 Å². The molecule has 3 aromatic carbocycles. The van der Waals surface area contributed by atoms with Gasteiger partial charge in [0.05, 0.1) is 25.1 Å². The van der Waals surface area contributed by atoms with Crippen LogP contribution in [0.3, 0.4) is 0 Å². The summed E-state index contributed by atoms with van der Waals surface area (Å²) in [5.74, 6) is 0.0980. The molecule has 0 aromatic heterocycles. The lowest BCUT2D eigenvalue weighted by Crippen LogP contribution is -2.33. The van der Waals surface area contributed by atoms with Crippen LogP contribution < -0.4 is 14.4 Å². The van der Waals surface area contributed by atoms with Crippen LogP contribution in [0.2, 0.25) is 0 Å². The van der Waals surface area contributed by atoms with Crippen LogP contribution in [0.25, 0.3) is 0 Å². The molecule has 3 rings (SSSR count). The molecular formula is C31H37NO7. The number of carboxylic acid groups (broad SMARTS) is 1. The van der Waals surface area contributed by atoms with Gasteiger partial charge in [-0.05, 0) is 75.2 Å². The number of hydrogen-bond acceptors (Lipinski definition) is 6. The topological polar surface area (TPSA) is 94.5 Å². The molecule has 8 nitrogen and oxygen atoms in total. The highest BCUT2D eigenvalue weighted by molar-refractivity contribution is 5.96. The minimum atomic E-state index is -1.000. The summed E-state index contributed by atoms with van der Waals surface area (Å²) in [7, 11) is 1.55. The number of aliphatic carboxylic acids is 1. The summed E-state index contributed by atoms with van der Waals surface area (Å²) in [5, 5.41) is 9.34. The van der Waals surface area contributed by atoms with Crippen LogP contribution in [0.4, 0.5) is 16.2 Å². The fraction of sp³-hybridized carbons (Fsp3) is 0.355. The van der Waals surface area contributed by atoms with E-state index in [4.69, 9.17) is 18.9 Å². The average Bonchev–Trinajstić information content (AvgIpc) is 2.89. The third-order valence-corrected chi connectivity index (χ3v) is 5.73. The summed E-state index contributed by atoms with van der Waals surface area (Å²) in [6, 6.07) is 22.4. The van der Waals surface area contributed by atoms with Crippen LogP contribution in [0.15, 0.2) is 72.8 Å². The highest BCUT2D eigenvalue weighted by atomic mass is 16.6. The summed E-state index contributed by atoms with van der Waals surface area (Å²) in [5.41, 5.74) is 2.61. The van der Waals surface area contributed by atoms with E-state index in [9.17, 15) is 14.7 Å². The van der Waals surface area contributed by atoms with Crippen molar-refractivity contribution in [3.63, 3.8) is 0 Å². The second-order valence-electron chi connectivity index (χ2n) is 9.89. The van der Waals surface area contributed by atoms with Crippen LogP contribution in [0.5, 0.6) is 11.5 Å². The van der Waals surface area contributed by atoms with E-state index in [1.807, 2.05) is 81.4 Å². The molecule has 208 valence electrons. The zero-order chi connectivity index (χ0) is 28.4. The molecule has 0 saturated heterocycles. The van der Waals surface area contributed by atoms with E-state index in [1.165, 1.54) is 0 Å². The Labute approximate surface area is 230 Å². The number of carboxylic acids is 1. The highest BCUT2D eigenvalue weighted by Crippen LogP contribution is 2.30. The molecule has 0 aliphatic rings. The molecule has 39 heavy (non-hydrogen) atoms. The highest BCUT2D eigenvalue weighted by Gasteiger charge is 2.25. The Morgan fingerprint density at radius 3 is 2.13 bits per heavy atom. The van der Waals surface area contributed by atoms with Crippen LogP contribution in [-0.2, 0) is 27.1 Å². The minimum Gasteiger partial charge on any atom is -0.493 e. The van der Waals surface area contributed by atoms with E-state index in [1.54, 1.807) is 31.1 Å². The lowest BCUT2D eigenvalue weighted by molar-refractivity contribution is -0.149. The van der Waals surface area contributed by atoms with Gasteiger partial charge in [-0.25, -0.2) is 14.5 Å². The van der Waals surface area contributed by atoms with Gasteiger partial charge in [0.25, 0.3) is 0 Å². The van der Waals surface area contributed by atoms with E-state index < -0.39 is 23.8 Å². The summed E-state index contributed by atoms with van der Waals surface area (Å²) in [6.45, 7) is 8.01. The molecule has 0 saturated carbocycles. The maximum atomic E-state index is 13.0. The first-order chi connectivity index (χ1) is 18.6. The molecule has 0 radical (unpaired) electrons. The van der Waals surface area contributed by atoms with Crippen molar-refractivity contribution in [3.8, 4) is 11.5 Å². The summed E-state index contributed by atoms with van der Waals surface area (Å²) in [6.07, 6.45) is -0.497. The molecule has 1 atom stereocenters. The predicted molar refractivity (Wildman–Crippen MR) is 150 cm³/mol. The van der Waals surface area contributed by atoms with Crippen molar-refractivity contribution < 1.29 is 33.6 Å². The van der Waals surface area contributed by atoms with Gasteiger partial charge < -0.3 is 24.1 Å². The molecule has 1 amide bonds. The summed E-state index contributed by atoms with van der Waals surface area (Å²) in [4.78, 5) is 26.0. The monoisotopic (exact) mass is 535 g/mol. The van der Waals surface area contributed by atoms with Crippen molar-refractivity contribution in [2.75, 3.05) is 25.2 Å². The Bertz CT molecular complexity index is 1220. The first kappa shape index (κ1) is 29.5. The van der Waals surface area contributed by atoms with Crippen molar-refractivity contribution in [1.82, 2.24) is 0 Å². The number of amides is 1. The van der Waals surface area contributed by atoms with Gasteiger partial charge in [0.2, 0.25) is 0 Å². The van der Waals surface area contributed by atoms with Crippen molar-refractivity contribution in [3.05, 3.63) is 83.9 Å². The lowest BCUT2D eigenvalue weighted by Gasteiger charge is -2.27. The Morgan fingerprint density at radius 1 is 0.897 bits per heavy atom. The largest absolute Gasteiger partial charge is 0.493 e. The average molecular weight is 536 g/mol. The van der Waals surface area contributed by atoms with E-state index in [-0.39, 0.29) is 6.42 Å². The molecule has 1 N–H and O–H groups in total. The fourth-order valence-electron chi connectivity index (χ4n) is 3.93. The Kier molecular flexibility index (Phi) is 10.3. The Morgan fingerprint density at radius 2 is 1.54 bits per heavy atom. The molecule has 3 aromatic rings. The van der Waals surface area contributed by atoms with Crippen LogP contribution in [-0.4, -0.2) is 49.2 Å². The first-order valence-electron chi connectivity index (χ1n) is 12.9. The van der Waals surface area contributed by atoms with Gasteiger partial charge in [-0.2, -0.15) is 0 Å². The predicted octanol–water partition coefficient (Wildman–Crippen LogP) is 6.42. The van der Waals surface area contributed by atoms with Crippen molar-refractivity contribution in [2.24, 2.45) is 0 Å². The maximum Gasteiger partial charge on any atom is 0.419 e. The normalized spacial score (nSPS) is 11.9. The number of rotatable bonds is 12. The van der Waals surface area contributed by atoms with E-state index in [2.05, 4.69) is 0 Å². The molecular weight excluding hydrogens is 498 g/mol. The lowest BCUT2D eigenvalue weighted by atomic mass is 10.1. The van der Waals surface area contributed by atoms with Crippen LogP contribution in [0, 0.1) is 0 Å². The zero-order valence-electron chi connectivity index (χ0n) is 23.2. The van der Waals surface area contributed by atoms with Crippen molar-refractivity contribution in [2.45, 2.75) is 52.2 Å². The molecule has 0 aliphatic heterocycles. The van der Waals surface area contributed by atoms with Gasteiger partial charge in [0.15, 0.2) is 17.6 Å². The van der Waals surface area contributed by atoms with Crippen LogP contribution >= 0.6 is 0 Å². The molecule has 1 unspecified atom stereocenters.